The Hall–Kier alpha value is -0.0400. The third kappa shape index (κ3) is 4.62. The minimum atomic E-state index is 0.312. The van der Waals surface area contributed by atoms with Gasteiger partial charge in [0, 0.05) is 11.1 Å². The number of rotatable bonds is 5. The van der Waals surface area contributed by atoms with Crippen molar-refractivity contribution in [1.82, 2.24) is 5.32 Å². The maximum absolute atomic E-state index is 3.80. The molecule has 0 bridgehead atoms. The third-order valence-corrected chi connectivity index (χ3v) is 4.21. The van der Waals surface area contributed by atoms with Crippen LogP contribution >= 0.6 is 0 Å². The fourth-order valence-electron chi connectivity index (χ4n) is 4.09. The van der Waals surface area contributed by atoms with Gasteiger partial charge in [-0.05, 0) is 52.4 Å². The van der Waals surface area contributed by atoms with Crippen molar-refractivity contribution in [1.29, 1.82) is 0 Å². The topological polar surface area (TPSA) is 12.0 Å². The highest BCUT2D eigenvalue weighted by molar-refractivity contribution is 4.98. The molecule has 0 saturated carbocycles. The quantitative estimate of drug-likeness (QED) is 0.729. The first-order valence-corrected chi connectivity index (χ1v) is 7.59. The first-order chi connectivity index (χ1) is 7.79. The fourth-order valence-corrected chi connectivity index (χ4v) is 4.09. The summed E-state index contributed by atoms with van der Waals surface area (Å²) >= 11 is 0. The van der Waals surface area contributed by atoms with Crippen molar-refractivity contribution >= 4 is 0 Å². The van der Waals surface area contributed by atoms with Gasteiger partial charge >= 0.3 is 0 Å². The summed E-state index contributed by atoms with van der Waals surface area (Å²) < 4.78 is 0. The molecule has 0 unspecified atom stereocenters. The van der Waals surface area contributed by atoms with Crippen molar-refractivity contribution in [2.45, 2.75) is 91.1 Å². The van der Waals surface area contributed by atoms with Crippen molar-refractivity contribution < 1.29 is 0 Å². The molecule has 0 aromatic carbocycles. The highest BCUT2D eigenvalue weighted by Gasteiger charge is 2.39. The van der Waals surface area contributed by atoms with E-state index in [1.807, 2.05) is 0 Å². The van der Waals surface area contributed by atoms with E-state index in [9.17, 15) is 0 Å². The van der Waals surface area contributed by atoms with E-state index in [4.69, 9.17) is 0 Å². The molecule has 0 amide bonds. The van der Waals surface area contributed by atoms with Gasteiger partial charge in [0.05, 0.1) is 0 Å². The van der Waals surface area contributed by atoms with Crippen molar-refractivity contribution in [2.75, 3.05) is 0 Å². The molecule has 102 valence electrons. The van der Waals surface area contributed by atoms with E-state index in [2.05, 4.69) is 46.9 Å². The zero-order valence-electron chi connectivity index (χ0n) is 12.9. The van der Waals surface area contributed by atoms with Gasteiger partial charge in [-0.1, -0.05) is 39.5 Å². The molecule has 1 heterocycles. The van der Waals surface area contributed by atoms with Gasteiger partial charge in [-0.2, -0.15) is 0 Å². The SMILES string of the molecule is CCCC(CCC)C1CC(C)(C)NC(C)(C)C1. The summed E-state index contributed by atoms with van der Waals surface area (Å²) in [6.45, 7) is 14.2. The molecule has 0 aromatic heterocycles. The molecule has 0 aliphatic carbocycles. The molecule has 17 heavy (non-hydrogen) atoms. The normalized spacial score (nSPS) is 24.2. The van der Waals surface area contributed by atoms with Crippen LogP contribution in [-0.4, -0.2) is 11.1 Å². The summed E-state index contributed by atoms with van der Waals surface area (Å²) in [4.78, 5) is 0. The predicted octanol–water partition coefficient (Wildman–Crippen LogP) is 4.76. The second kappa shape index (κ2) is 5.73. The molecule has 1 fully saturated rings. The fraction of sp³-hybridized carbons (Fsp3) is 1.00. The Labute approximate surface area is 109 Å². The lowest BCUT2D eigenvalue weighted by atomic mass is 9.69. The molecule has 0 atom stereocenters. The van der Waals surface area contributed by atoms with Crippen LogP contribution in [-0.2, 0) is 0 Å². The maximum atomic E-state index is 3.80. The van der Waals surface area contributed by atoms with Crippen LogP contribution in [0.5, 0.6) is 0 Å². The smallest absolute Gasteiger partial charge is 0.0132 e. The van der Waals surface area contributed by atoms with E-state index in [1.54, 1.807) is 0 Å². The van der Waals surface area contributed by atoms with Crippen LogP contribution in [0.15, 0.2) is 0 Å². The van der Waals surface area contributed by atoms with E-state index >= 15 is 0 Å². The number of hydrogen-bond acceptors (Lipinski definition) is 1. The lowest BCUT2D eigenvalue weighted by Gasteiger charge is -2.49. The Kier molecular flexibility index (Phi) is 5.07. The average molecular weight is 239 g/mol. The first-order valence-electron chi connectivity index (χ1n) is 7.59. The second-order valence-corrected chi connectivity index (χ2v) is 7.40. The van der Waals surface area contributed by atoms with E-state index in [0.29, 0.717) is 11.1 Å². The first kappa shape index (κ1) is 15.0. The molecule has 1 aliphatic heterocycles. The van der Waals surface area contributed by atoms with Crippen molar-refractivity contribution in [3.8, 4) is 0 Å². The summed E-state index contributed by atoms with van der Waals surface area (Å²) in [5.41, 5.74) is 0.623. The van der Waals surface area contributed by atoms with E-state index in [0.717, 1.165) is 11.8 Å². The molecule has 1 aliphatic rings. The van der Waals surface area contributed by atoms with Crippen molar-refractivity contribution in [2.24, 2.45) is 11.8 Å². The molecule has 0 spiro atoms. The highest BCUT2D eigenvalue weighted by Crippen LogP contribution is 2.40. The van der Waals surface area contributed by atoms with Gasteiger partial charge in [-0.3, -0.25) is 0 Å². The minimum Gasteiger partial charge on any atom is -0.307 e. The van der Waals surface area contributed by atoms with E-state index in [1.165, 1.54) is 38.5 Å². The van der Waals surface area contributed by atoms with E-state index in [-0.39, 0.29) is 0 Å². The Bertz CT molecular complexity index is 208. The van der Waals surface area contributed by atoms with Crippen LogP contribution in [0.2, 0.25) is 0 Å². The zero-order chi connectivity index (χ0) is 13.1. The molecule has 0 aromatic rings. The summed E-state index contributed by atoms with van der Waals surface area (Å²) in [6, 6.07) is 0. The van der Waals surface area contributed by atoms with Crippen LogP contribution in [0, 0.1) is 11.8 Å². The lowest BCUT2D eigenvalue weighted by molar-refractivity contribution is 0.0852. The van der Waals surface area contributed by atoms with Gasteiger partial charge in [-0.25, -0.2) is 0 Å². The van der Waals surface area contributed by atoms with Gasteiger partial charge in [0.15, 0.2) is 0 Å². The molecule has 1 rings (SSSR count). The number of nitrogens with one attached hydrogen (secondary N) is 1. The summed E-state index contributed by atoms with van der Waals surface area (Å²) in [5.74, 6) is 1.87. The highest BCUT2D eigenvalue weighted by atomic mass is 15.0. The zero-order valence-corrected chi connectivity index (χ0v) is 12.9. The molecule has 1 N–H and O–H groups in total. The number of piperidine rings is 1. The predicted molar refractivity (Wildman–Crippen MR) is 77.3 cm³/mol. The monoisotopic (exact) mass is 239 g/mol. The van der Waals surface area contributed by atoms with Crippen LogP contribution in [0.1, 0.15) is 80.1 Å². The van der Waals surface area contributed by atoms with Crippen molar-refractivity contribution in [3.05, 3.63) is 0 Å². The Balaban J connectivity index is 2.73. The third-order valence-electron chi connectivity index (χ3n) is 4.21. The van der Waals surface area contributed by atoms with Crippen LogP contribution < -0.4 is 5.32 Å². The van der Waals surface area contributed by atoms with Gasteiger partial charge in [-0.15, -0.1) is 0 Å². The van der Waals surface area contributed by atoms with Crippen LogP contribution in [0.3, 0.4) is 0 Å². The number of hydrogen-bond donors (Lipinski definition) is 1. The Morgan fingerprint density at radius 3 is 1.71 bits per heavy atom. The molecule has 1 saturated heterocycles. The average Bonchev–Trinajstić information content (AvgIpc) is 2.12. The summed E-state index contributed by atoms with van der Waals surface area (Å²) in [7, 11) is 0. The Morgan fingerprint density at radius 1 is 0.941 bits per heavy atom. The van der Waals surface area contributed by atoms with Gasteiger partial charge in [0.2, 0.25) is 0 Å². The largest absolute Gasteiger partial charge is 0.307 e. The molecular weight excluding hydrogens is 206 g/mol. The van der Waals surface area contributed by atoms with Crippen LogP contribution in [0.25, 0.3) is 0 Å². The molecule has 1 heteroatoms. The summed E-state index contributed by atoms with van der Waals surface area (Å²) in [6.07, 6.45) is 8.22. The second-order valence-electron chi connectivity index (χ2n) is 7.40. The molecule has 1 nitrogen and oxygen atoms in total. The van der Waals surface area contributed by atoms with Crippen LogP contribution in [0.4, 0.5) is 0 Å². The standard InChI is InChI=1S/C16H33N/c1-7-9-13(10-8-2)14-11-15(3,4)17-16(5,6)12-14/h13-14,17H,7-12H2,1-6H3. The van der Waals surface area contributed by atoms with Gasteiger partial charge < -0.3 is 5.32 Å². The minimum absolute atomic E-state index is 0.312. The van der Waals surface area contributed by atoms with Gasteiger partial charge in [0.1, 0.15) is 0 Å². The maximum Gasteiger partial charge on any atom is 0.0132 e. The Morgan fingerprint density at radius 2 is 1.35 bits per heavy atom. The molecular formula is C16H33N. The van der Waals surface area contributed by atoms with Crippen molar-refractivity contribution in [3.63, 3.8) is 0 Å². The summed E-state index contributed by atoms with van der Waals surface area (Å²) in [5, 5.41) is 3.80. The molecule has 0 radical (unpaired) electrons. The van der Waals surface area contributed by atoms with Gasteiger partial charge in [0.25, 0.3) is 0 Å². The lowest BCUT2D eigenvalue weighted by Crippen LogP contribution is -2.58. The van der Waals surface area contributed by atoms with E-state index < -0.39 is 0 Å².